The zero-order valence-corrected chi connectivity index (χ0v) is 13.2. The van der Waals surface area contributed by atoms with Crippen LogP contribution >= 0.6 is 12.2 Å². The van der Waals surface area contributed by atoms with E-state index in [1.54, 1.807) is 24.3 Å². The summed E-state index contributed by atoms with van der Waals surface area (Å²) in [6.45, 7) is 0. The van der Waals surface area contributed by atoms with Crippen LogP contribution in [0.4, 0.5) is 0 Å². The Hall–Kier alpha value is -0.0736. The van der Waals surface area contributed by atoms with E-state index in [4.69, 9.17) is 5.26 Å². The predicted molar refractivity (Wildman–Crippen MR) is 61.7 cm³/mol. The maximum atomic E-state index is 11.5. The van der Waals surface area contributed by atoms with Gasteiger partial charge in [0.1, 0.15) is 0 Å². The molecule has 0 radical (unpaired) electrons. The number of carbonyl (C=O) groups is 1. The fourth-order valence-electron chi connectivity index (χ4n) is 0.954. The molecule has 16 heavy (non-hydrogen) atoms. The fourth-order valence-corrected chi connectivity index (χ4v) is 1.06. The molecule has 0 aromatic heterocycles. The van der Waals surface area contributed by atoms with E-state index in [1.807, 2.05) is 6.07 Å². The normalized spacial score (nSPS) is 8.19. The number of nitriles is 1. The molecule has 0 unspecified atom stereocenters. The largest absolute Gasteiger partial charge is 1.00 e. The molecule has 76 valence electrons. The van der Waals surface area contributed by atoms with Crippen LogP contribution in [0.1, 0.15) is 15.9 Å². The Bertz CT molecular complexity index is 445. The summed E-state index contributed by atoms with van der Waals surface area (Å²) in [7, 11) is 0. The molecule has 4 nitrogen and oxygen atoms in total. The Morgan fingerprint density at radius 3 is 2.56 bits per heavy atom. The molecule has 0 bridgehead atoms. The summed E-state index contributed by atoms with van der Waals surface area (Å²) in [6, 6.07) is 8.37. The van der Waals surface area contributed by atoms with Crippen molar-refractivity contribution in [2.75, 3.05) is 0 Å². The van der Waals surface area contributed by atoms with Crippen molar-refractivity contribution in [1.82, 2.24) is 10.9 Å². The van der Waals surface area contributed by atoms with Gasteiger partial charge in [0, 0.05) is 0 Å². The van der Waals surface area contributed by atoms with Gasteiger partial charge in [0.25, 0.3) is 5.91 Å². The minimum Gasteiger partial charge on any atom is -0.410 e. The van der Waals surface area contributed by atoms with Gasteiger partial charge in [-0.05, 0) is 16.5 Å². The fraction of sp³-hybridized carbons (Fsp3) is 0. The van der Waals surface area contributed by atoms with Crippen molar-refractivity contribution < 1.29 is 56.2 Å². The molecular formula is C9H6KN3OS2. The first-order valence-electron chi connectivity index (χ1n) is 3.91. The smallest absolute Gasteiger partial charge is 0.410 e. The Morgan fingerprint density at radius 2 is 2.00 bits per heavy atom. The van der Waals surface area contributed by atoms with Gasteiger partial charge in [0.05, 0.1) is 17.2 Å². The molecule has 0 heterocycles. The van der Waals surface area contributed by atoms with Crippen molar-refractivity contribution in [3.8, 4) is 6.07 Å². The predicted octanol–water partition coefficient (Wildman–Crippen LogP) is -2.37. The summed E-state index contributed by atoms with van der Waals surface area (Å²) in [5.74, 6) is -0.445. The molecular weight excluding hydrogens is 269 g/mol. The molecule has 0 fully saturated rings. The van der Waals surface area contributed by atoms with Crippen molar-refractivity contribution in [2.24, 2.45) is 0 Å². The van der Waals surface area contributed by atoms with E-state index in [2.05, 4.69) is 35.7 Å². The second kappa shape index (κ2) is 8.08. The number of nitrogens with one attached hydrogen (secondary N) is 2. The van der Waals surface area contributed by atoms with Gasteiger partial charge in [0.2, 0.25) is 0 Å². The van der Waals surface area contributed by atoms with E-state index < -0.39 is 5.91 Å². The van der Waals surface area contributed by atoms with Crippen LogP contribution in [-0.4, -0.2) is 10.2 Å². The minimum atomic E-state index is -0.445. The second-order valence-corrected chi connectivity index (χ2v) is 3.60. The summed E-state index contributed by atoms with van der Waals surface area (Å²) in [5.41, 5.74) is 5.19. The third kappa shape index (κ3) is 4.84. The average molecular weight is 275 g/mol. The minimum absolute atomic E-state index is 0. The van der Waals surface area contributed by atoms with Crippen LogP contribution in [0.15, 0.2) is 24.3 Å². The van der Waals surface area contributed by atoms with Gasteiger partial charge in [-0.25, -0.2) is 0 Å². The number of thiocarbonyl (C=S) groups is 1. The Labute approximate surface area is 147 Å². The summed E-state index contributed by atoms with van der Waals surface area (Å²) >= 11 is 9.10. The van der Waals surface area contributed by atoms with Crippen molar-refractivity contribution in [3.05, 3.63) is 35.4 Å². The van der Waals surface area contributed by atoms with Crippen LogP contribution in [0.3, 0.4) is 0 Å². The van der Waals surface area contributed by atoms with Gasteiger partial charge in [-0.3, -0.25) is 10.2 Å². The van der Waals surface area contributed by atoms with Crippen LogP contribution in [0.2, 0.25) is 0 Å². The Kier molecular flexibility index (Phi) is 8.04. The maximum Gasteiger partial charge on any atom is 1.00 e. The van der Waals surface area contributed by atoms with Gasteiger partial charge < -0.3 is 30.3 Å². The summed E-state index contributed by atoms with van der Waals surface area (Å²) in [4.78, 5) is 11.5. The van der Waals surface area contributed by atoms with Gasteiger partial charge in [-0.1, -0.05) is 12.1 Å². The zero-order chi connectivity index (χ0) is 11.3. The first kappa shape index (κ1) is 15.9. The van der Waals surface area contributed by atoms with Gasteiger partial charge in [-0.2, -0.15) is 5.26 Å². The molecule has 0 aliphatic rings. The number of amides is 1. The first-order valence-corrected chi connectivity index (χ1v) is 4.73. The van der Waals surface area contributed by atoms with E-state index >= 15 is 0 Å². The molecule has 0 spiro atoms. The third-order valence-electron chi connectivity index (χ3n) is 1.57. The van der Waals surface area contributed by atoms with Crippen molar-refractivity contribution in [3.63, 3.8) is 0 Å². The molecule has 1 amide bonds. The molecule has 7 heteroatoms. The van der Waals surface area contributed by atoms with E-state index in [-0.39, 0.29) is 61.3 Å². The van der Waals surface area contributed by atoms with Crippen LogP contribution in [0.25, 0.3) is 0 Å². The first-order chi connectivity index (χ1) is 7.15. The molecule has 0 saturated heterocycles. The van der Waals surface area contributed by atoms with Crippen LogP contribution in [0.5, 0.6) is 0 Å². The monoisotopic (exact) mass is 275 g/mol. The van der Waals surface area contributed by atoms with Crippen LogP contribution in [0, 0.1) is 11.3 Å². The van der Waals surface area contributed by atoms with Gasteiger partial charge in [-0.15, -0.1) is 0 Å². The van der Waals surface area contributed by atoms with Crippen LogP contribution < -0.4 is 62.2 Å². The van der Waals surface area contributed by atoms with Gasteiger partial charge in [0.15, 0.2) is 0 Å². The summed E-state index contributed by atoms with van der Waals surface area (Å²) < 4.78 is 0.0396. The molecule has 0 aliphatic heterocycles. The van der Waals surface area contributed by atoms with Crippen molar-refractivity contribution in [1.29, 1.82) is 5.26 Å². The van der Waals surface area contributed by atoms with Crippen LogP contribution in [-0.2, 0) is 12.6 Å². The van der Waals surface area contributed by atoms with E-state index in [0.29, 0.717) is 5.56 Å². The van der Waals surface area contributed by atoms with Crippen molar-refractivity contribution in [2.45, 2.75) is 0 Å². The number of hydrogen-bond acceptors (Lipinski definition) is 4. The Balaban J connectivity index is 0.00000225. The Morgan fingerprint density at radius 1 is 1.38 bits per heavy atom. The molecule has 1 aromatic carbocycles. The van der Waals surface area contributed by atoms with E-state index in [9.17, 15) is 4.79 Å². The molecule has 1 aromatic rings. The summed E-state index contributed by atoms with van der Waals surface area (Å²) in [5, 5.41) is 8.75. The molecule has 0 aliphatic carbocycles. The number of benzene rings is 1. The van der Waals surface area contributed by atoms with E-state index in [1.165, 1.54) is 0 Å². The average Bonchev–Trinajstić information content (AvgIpc) is 2.25. The summed E-state index contributed by atoms with van der Waals surface area (Å²) in [6.07, 6.45) is 0. The topological polar surface area (TPSA) is 64.9 Å². The molecule has 1 rings (SSSR count). The SMILES string of the molecule is N#Cc1ccccc1C(=O)NNC(=S)[S-].[K+]. The van der Waals surface area contributed by atoms with Gasteiger partial charge >= 0.3 is 51.4 Å². The molecule has 0 saturated carbocycles. The quantitative estimate of drug-likeness (QED) is 0.260. The number of hydrazine groups is 1. The van der Waals surface area contributed by atoms with E-state index in [0.717, 1.165) is 0 Å². The molecule has 2 N–H and O–H groups in total. The third-order valence-corrected chi connectivity index (χ3v) is 1.77. The number of rotatable bonds is 1. The zero-order valence-electron chi connectivity index (χ0n) is 8.48. The number of hydrogen-bond donors (Lipinski definition) is 2. The maximum absolute atomic E-state index is 11.5. The standard InChI is InChI=1S/C9H7N3OS2.K/c10-5-6-3-1-2-4-7(6)8(13)11-12-9(14)15;/h1-4H,(H,11,13)(H2,12,14,15);/q;+1/p-1. The van der Waals surface area contributed by atoms with Crippen molar-refractivity contribution >= 4 is 35.1 Å². The molecule has 0 atom stereocenters. The second-order valence-electron chi connectivity index (χ2n) is 2.52. The number of carbonyl (C=O) groups excluding carboxylic acids is 1. The number of nitrogens with zero attached hydrogens (tertiary/aromatic N) is 1.